The average molecular weight is 375 g/mol. The van der Waals surface area contributed by atoms with E-state index in [4.69, 9.17) is 16.6 Å². The standard InChI is InChI=1S/C13H19N3Se2/c1-10(14)17-8-6-11-2-4-12(5-3-11)7-9-18-13(15)16/h2-5,14H,6-9H2,1H3,(H3,15,16). The van der Waals surface area contributed by atoms with Gasteiger partial charge in [0.15, 0.2) is 0 Å². The van der Waals surface area contributed by atoms with Gasteiger partial charge in [-0.3, -0.25) is 0 Å². The predicted molar refractivity (Wildman–Crippen MR) is 80.3 cm³/mol. The Kier molecular flexibility index (Phi) is 7.29. The van der Waals surface area contributed by atoms with E-state index in [1.165, 1.54) is 11.1 Å². The summed E-state index contributed by atoms with van der Waals surface area (Å²) in [6.45, 7) is 1.89. The molecule has 0 aliphatic carbocycles. The maximum absolute atomic E-state index is 7.41. The quantitative estimate of drug-likeness (QED) is 0.363. The van der Waals surface area contributed by atoms with Gasteiger partial charge in [0.05, 0.1) is 0 Å². The first-order valence-corrected chi connectivity index (χ1v) is 9.94. The predicted octanol–water partition coefficient (Wildman–Crippen LogP) is 1.91. The van der Waals surface area contributed by atoms with Gasteiger partial charge in [-0.15, -0.1) is 0 Å². The Hall–Kier alpha value is -0.601. The van der Waals surface area contributed by atoms with Crippen LogP contribution in [0.25, 0.3) is 0 Å². The molecule has 0 aliphatic heterocycles. The molecule has 0 heterocycles. The van der Waals surface area contributed by atoms with Gasteiger partial charge in [-0.25, -0.2) is 0 Å². The van der Waals surface area contributed by atoms with E-state index in [0.29, 0.717) is 19.7 Å². The normalized spacial score (nSPS) is 10.3. The van der Waals surface area contributed by atoms with E-state index in [1.807, 2.05) is 6.92 Å². The van der Waals surface area contributed by atoms with Crippen molar-refractivity contribution < 1.29 is 0 Å². The summed E-state index contributed by atoms with van der Waals surface area (Å²) in [5.41, 5.74) is 8.04. The Labute approximate surface area is 121 Å². The minimum atomic E-state index is 0.155. The molecule has 0 bridgehead atoms. The van der Waals surface area contributed by atoms with Crippen molar-refractivity contribution in [3.8, 4) is 0 Å². The first-order valence-electron chi connectivity index (χ1n) is 5.80. The second-order valence-electron chi connectivity index (χ2n) is 3.93. The van der Waals surface area contributed by atoms with Crippen LogP contribution >= 0.6 is 0 Å². The third-order valence-corrected chi connectivity index (χ3v) is 5.65. The molecule has 5 heteroatoms. The van der Waals surface area contributed by atoms with Gasteiger partial charge in [0, 0.05) is 0 Å². The zero-order valence-corrected chi connectivity index (χ0v) is 14.0. The van der Waals surface area contributed by atoms with Crippen molar-refractivity contribution in [2.75, 3.05) is 0 Å². The van der Waals surface area contributed by atoms with Crippen LogP contribution in [0.2, 0.25) is 10.6 Å². The van der Waals surface area contributed by atoms with Crippen molar-refractivity contribution in [2.24, 2.45) is 5.73 Å². The van der Waals surface area contributed by atoms with Crippen LogP contribution in [0.3, 0.4) is 0 Å². The Morgan fingerprint density at radius 2 is 1.44 bits per heavy atom. The fraction of sp³-hybridized carbons (Fsp3) is 0.385. The van der Waals surface area contributed by atoms with Gasteiger partial charge in [-0.1, -0.05) is 0 Å². The molecule has 0 aromatic heterocycles. The van der Waals surface area contributed by atoms with Crippen molar-refractivity contribution in [3.63, 3.8) is 0 Å². The molecule has 3 nitrogen and oxygen atoms in total. The van der Waals surface area contributed by atoms with Crippen molar-refractivity contribution in [3.05, 3.63) is 35.4 Å². The number of benzene rings is 1. The van der Waals surface area contributed by atoms with Crippen LogP contribution < -0.4 is 5.73 Å². The van der Waals surface area contributed by atoms with E-state index in [9.17, 15) is 0 Å². The van der Waals surface area contributed by atoms with Crippen LogP contribution in [-0.2, 0) is 12.8 Å². The Bertz CT molecular complexity index is 362. The molecule has 0 saturated carbocycles. The molecule has 0 aliphatic rings. The van der Waals surface area contributed by atoms with Gasteiger partial charge < -0.3 is 0 Å². The fourth-order valence-electron chi connectivity index (χ4n) is 1.47. The third-order valence-electron chi connectivity index (χ3n) is 2.38. The van der Waals surface area contributed by atoms with Gasteiger partial charge in [-0.05, 0) is 0 Å². The van der Waals surface area contributed by atoms with Crippen LogP contribution in [0.4, 0.5) is 0 Å². The van der Waals surface area contributed by atoms with Gasteiger partial charge >= 0.3 is 122 Å². The SMILES string of the molecule is CC(=N)[Se]CCc1ccc(CC[Se]C(=N)N)cc1. The Balaban J connectivity index is 2.33. The molecule has 98 valence electrons. The molecule has 4 N–H and O–H groups in total. The van der Waals surface area contributed by atoms with Crippen LogP contribution in [0.1, 0.15) is 18.1 Å². The maximum atomic E-state index is 7.41. The number of hydrogen-bond acceptors (Lipinski definition) is 2. The molecular formula is C13H19N3Se2. The molecule has 0 fully saturated rings. The summed E-state index contributed by atoms with van der Waals surface area (Å²) in [6, 6.07) is 8.72. The van der Waals surface area contributed by atoms with E-state index < -0.39 is 0 Å². The Morgan fingerprint density at radius 3 is 1.83 bits per heavy atom. The summed E-state index contributed by atoms with van der Waals surface area (Å²) in [7, 11) is 0. The number of hydrogen-bond donors (Lipinski definition) is 3. The van der Waals surface area contributed by atoms with Crippen LogP contribution in [0.5, 0.6) is 0 Å². The summed E-state index contributed by atoms with van der Waals surface area (Å²) in [6.07, 6.45) is 2.09. The molecule has 1 aromatic carbocycles. The number of aryl methyl sites for hydroxylation is 2. The number of rotatable bonds is 8. The summed E-state index contributed by atoms with van der Waals surface area (Å²) >= 11 is 0.519. The van der Waals surface area contributed by atoms with Gasteiger partial charge in [0.25, 0.3) is 0 Å². The second kappa shape index (κ2) is 8.49. The fourth-order valence-corrected chi connectivity index (χ4v) is 3.99. The monoisotopic (exact) mass is 377 g/mol. The van der Waals surface area contributed by atoms with Crippen molar-refractivity contribution in [2.45, 2.75) is 30.4 Å². The van der Waals surface area contributed by atoms with Gasteiger partial charge in [0.1, 0.15) is 0 Å². The molecule has 1 rings (SSSR count). The molecule has 0 radical (unpaired) electrons. The van der Waals surface area contributed by atoms with Crippen molar-refractivity contribution >= 4 is 39.3 Å². The zero-order chi connectivity index (χ0) is 13.4. The molecular weight excluding hydrogens is 356 g/mol. The topological polar surface area (TPSA) is 73.7 Å². The van der Waals surface area contributed by atoms with E-state index in [2.05, 4.69) is 24.3 Å². The molecule has 0 saturated heterocycles. The zero-order valence-electron chi connectivity index (χ0n) is 10.5. The van der Waals surface area contributed by atoms with Crippen LogP contribution in [0, 0.1) is 10.8 Å². The average Bonchev–Trinajstić information content (AvgIpc) is 2.30. The number of nitrogens with two attached hydrogens (primary N) is 1. The molecule has 0 atom stereocenters. The summed E-state index contributed by atoms with van der Waals surface area (Å²) in [5, 5.41) is 16.7. The molecule has 0 unspecified atom stereocenters. The van der Waals surface area contributed by atoms with E-state index >= 15 is 0 Å². The molecule has 0 amide bonds. The third kappa shape index (κ3) is 6.97. The summed E-state index contributed by atoms with van der Waals surface area (Å²) in [5.74, 6) is 0. The van der Waals surface area contributed by atoms with E-state index in [1.54, 1.807) is 0 Å². The number of amidine groups is 1. The van der Waals surface area contributed by atoms with Gasteiger partial charge in [0.2, 0.25) is 0 Å². The summed E-state index contributed by atoms with van der Waals surface area (Å²) < 4.78 is 1.16. The van der Waals surface area contributed by atoms with Gasteiger partial charge in [-0.2, -0.15) is 0 Å². The van der Waals surface area contributed by atoms with Crippen molar-refractivity contribution in [1.29, 1.82) is 10.8 Å². The summed E-state index contributed by atoms with van der Waals surface area (Å²) in [4.78, 5) is 0. The Morgan fingerprint density at radius 1 is 1.00 bits per heavy atom. The van der Waals surface area contributed by atoms with Crippen LogP contribution in [0.15, 0.2) is 24.3 Å². The van der Waals surface area contributed by atoms with E-state index in [-0.39, 0.29) is 15.0 Å². The first kappa shape index (κ1) is 15.5. The van der Waals surface area contributed by atoms with Crippen LogP contribution in [-0.4, -0.2) is 39.3 Å². The molecule has 18 heavy (non-hydrogen) atoms. The molecule has 0 spiro atoms. The van der Waals surface area contributed by atoms with Crippen molar-refractivity contribution in [1.82, 2.24) is 0 Å². The second-order valence-corrected chi connectivity index (χ2v) is 9.07. The molecule has 1 aromatic rings. The number of nitrogens with one attached hydrogen (secondary N) is 2. The minimum absolute atomic E-state index is 0.155. The first-order chi connectivity index (χ1) is 8.58. The van der Waals surface area contributed by atoms with E-state index in [0.717, 1.165) is 28.1 Å².